The average molecular weight is 345 g/mol. The van der Waals surface area contributed by atoms with Gasteiger partial charge >= 0.3 is 0 Å². The zero-order valence-corrected chi connectivity index (χ0v) is 12.7. The Morgan fingerprint density at radius 2 is 1.90 bits per heavy atom. The van der Waals surface area contributed by atoms with E-state index in [1.54, 1.807) is 6.07 Å². The van der Waals surface area contributed by atoms with Crippen LogP contribution in [0.15, 0.2) is 40.9 Å². The summed E-state index contributed by atoms with van der Waals surface area (Å²) in [6.45, 7) is 0. The van der Waals surface area contributed by atoms with Gasteiger partial charge in [-0.3, -0.25) is 0 Å². The fourth-order valence-corrected chi connectivity index (χ4v) is 3.02. The SMILES string of the molecule is Oc1ccc(O)c(-c2nc3cc(Br)ccc3n2C2CC2)c1. The maximum atomic E-state index is 10.1. The predicted molar refractivity (Wildman–Crippen MR) is 84.5 cm³/mol. The van der Waals surface area contributed by atoms with Crippen molar-refractivity contribution in [3.05, 3.63) is 40.9 Å². The van der Waals surface area contributed by atoms with Gasteiger partial charge in [-0.05, 0) is 49.2 Å². The molecule has 0 amide bonds. The van der Waals surface area contributed by atoms with Crippen molar-refractivity contribution in [1.29, 1.82) is 0 Å². The number of rotatable bonds is 2. The second kappa shape index (κ2) is 4.49. The van der Waals surface area contributed by atoms with Gasteiger partial charge in [0.15, 0.2) is 0 Å². The van der Waals surface area contributed by atoms with Gasteiger partial charge in [-0.1, -0.05) is 15.9 Å². The molecule has 4 rings (SSSR count). The molecule has 4 nitrogen and oxygen atoms in total. The van der Waals surface area contributed by atoms with E-state index in [0.29, 0.717) is 17.4 Å². The van der Waals surface area contributed by atoms with Gasteiger partial charge in [0.05, 0.1) is 16.6 Å². The molecule has 0 radical (unpaired) electrons. The fraction of sp³-hybridized carbons (Fsp3) is 0.188. The first-order chi connectivity index (χ1) is 10.1. The number of fused-ring (bicyclic) bond motifs is 1. The zero-order chi connectivity index (χ0) is 14.6. The molecule has 0 bridgehead atoms. The summed E-state index contributed by atoms with van der Waals surface area (Å²) in [6, 6.07) is 11.0. The first kappa shape index (κ1) is 12.7. The van der Waals surface area contributed by atoms with Crippen molar-refractivity contribution in [3.63, 3.8) is 0 Å². The lowest BCUT2D eigenvalue weighted by Gasteiger charge is -2.09. The normalized spacial score (nSPS) is 14.7. The molecule has 1 saturated carbocycles. The molecule has 1 aliphatic rings. The topological polar surface area (TPSA) is 58.3 Å². The Balaban J connectivity index is 2.03. The molecule has 0 aliphatic heterocycles. The van der Waals surface area contributed by atoms with Crippen LogP contribution >= 0.6 is 15.9 Å². The average Bonchev–Trinajstić information content (AvgIpc) is 3.22. The van der Waals surface area contributed by atoms with Crippen molar-refractivity contribution in [2.45, 2.75) is 18.9 Å². The summed E-state index contributed by atoms with van der Waals surface area (Å²) < 4.78 is 3.14. The number of imidazole rings is 1. The highest BCUT2D eigenvalue weighted by Gasteiger charge is 2.29. The van der Waals surface area contributed by atoms with Crippen LogP contribution in [-0.2, 0) is 0 Å². The van der Waals surface area contributed by atoms with Crippen LogP contribution in [0.25, 0.3) is 22.4 Å². The standard InChI is InChI=1S/C16H13BrN2O2/c17-9-1-5-14-13(7-9)18-16(19(14)10-2-3-10)12-8-11(20)4-6-15(12)21/h1,4-8,10,20-21H,2-3H2. The molecule has 1 fully saturated rings. The van der Waals surface area contributed by atoms with Gasteiger partial charge in [-0.2, -0.15) is 0 Å². The van der Waals surface area contributed by atoms with Crippen molar-refractivity contribution in [1.82, 2.24) is 9.55 Å². The summed E-state index contributed by atoms with van der Waals surface area (Å²) in [6.07, 6.45) is 2.24. The lowest BCUT2D eigenvalue weighted by Crippen LogP contribution is -1.97. The van der Waals surface area contributed by atoms with E-state index in [1.807, 2.05) is 18.2 Å². The van der Waals surface area contributed by atoms with Crippen molar-refractivity contribution < 1.29 is 10.2 Å². The monoisotopic (exact) mass is 344 g/mol. The van der Waals surface area contributed by atoms with Gasteiger partial charge in [-0.25, -0.2) is 4.98 Å². The Hall–Kier alpha value is -2.01. The summed E-state index contributed by atoms with van der Waals surface area (Å²) in [5, 5.41) is 19.8. The highest BCUT2D eigenvalue weighted by molar-refractivity contribution is 9.10. The first-order valence-corrected chi connectivity index (χ1v) is 7.62. The van der Waals surface area contributed by atoms with Gasteiger partial charge in [0.25, 0.3) is 0 Å². The molecule has 0 unspecified atom stereocenters. The molecule has 2 N–H and O–H groups in total. The van der Waals surface area contributed by atoms with E-state index in [9.17, 15) is 10.2 Å². The summed E-state index contributed by atoms with van der Waals surface area (Å²) >= 11 is 3.46. The number of aromatic hydroxyl groups is 2. The first-order valence-electron chi connectivity index (χ1n) is 6.83. The number of phenols is 2. The second-order valence-electron chi connectivity index (χ2n) is 5.37. The van der Waals surface area contributed by atoms with Crippen molar-refractivity contribution in [2.75, 3.05) is 0 Å². The van der Waals surface area contributed by atoms with Crippen molar-refractivity contribution in [3.8, 4) is 22.9 Å². The molecule has 0 saturated heterocycles. The summed E-state index contributed by atoms with van der Waals surface area (Å²) in [5.74, 6) is 0.960. The zero-order valence-electron chi connectivity index (χ0n) is 11.1. The largest absolute Gasteiger partial charge is 0.508 e. The number of benzene rings is 2. The van der Waals surface area contributed by atoms with Gasteiger partial charge < -0.3 is 14.8 Å². The molecular formula is C16H13BrN2O2. The van der Waals surface area contributed by atoms with Crippen molar-refractivity contribution >= 4 is 27.0 Å². The van der Waals surface area contributed by atoms with Crippen LogP contribution in [0.1, 0.15) is 18.9 Å². The number of phenolic OH excluding ortho intramolecular Hbond substituents is 2. The molecule has 21 heavy (non-hydrogen) atoms. The van der Waals surface area contributed by atoms with Crippen LogP contribution in [0.2, 0.25) is 0 Å². The minimum absolute atomic E-state index is 0.124. The molecule has 3 aromatic rings. The van der Waals surface area contributed by atoms with Gasteiger partial charge in [0.2, 0.25) is 0 Å². The highest BCUT2D eigenvalue weighted by atomic mass is 79.9. The van der Waals surface area contributed by atoms with E-state index in [4.69, 9.17) is 0 Å². The third kappa shape index (κ3) is 2.08. The van der Waals surface area contributed by atoms with Crippen LogP contribution in [0, 0.1) is 0 Å². The lowest BCUT2D eigenvalue weighted by molar-refractivity contribution is 0.461. The van der Waals surface area contributed by atoms with Crippen LogP contribution in [0.5, 0.6) is 11.5 Å². The third-order valence-corrected chi connectivity index (χ3v) is 4.28. The van der Waals surface area contributed by atoms with Gasteiger partial charge in [-0.15, -0.1) is 0 Å². The van der Waals surface area contributed by atoms with E-state index in [2.05, 4.69) is 25.5 Å². The highest BCUT2D eigenvalue weighted by Crippen LogP contribution is 2.43. The van der Waals surface area contributed by atoms with E-state index >= 15 is 0 Å². The van der Waals surface area contributed by atoms with E-state index in [-0.39, 0.29) is 11.5 Å². The maximum absolute atomic E-state index is 10.1. The number of halogens is 1. The molecule has 2 aromatic carbocycles. The third-order valence-electron chi connectivity index (χ3n) is 3.78. The molecule has 0 spiro atoms. The Kier molecular flexibility index (Phi) is 2.72. The molecule has 106 valence electrons. The smallest absolute Gasteiger partial charge is 0.145 e. The molecule has 1 aliphatic carbocycles. The van der Waals surface area contributed by atoms with E-state index in [0.717, 1.165) is 28.3 Å². The Morgan fingerprint density at radius 3 is 2.67 bits per heavy atom. The predicted octanol–water partition coefficient (Wildman–Crippen LogP) is 4.21. The minimum atomic E-state index is 0.124. The molecular weight excluding hydrogens is 332 g/mol. The van der Waals surface area contributed by atoms with Crippen LogP contribution in [0.3, 0.4) is 0 Å². The Labute approximate surface area is 129 Å². The number of aromatic nitrogens is 2. The molecule has 0 atom stereocenters. The van der Waals surface area contributed by atoms with Crippen LogP contribution in [-0.4, -0.2) is 19.8 Å². The minimum Gasteiger partial charge on any atom is -0.508 e. The molecule has 5 heteroatoms. The second-order valence-corrected chi connectivity index (χ2v) is 6.29. The maximum Gasteiger partial charge on any atom is 0.145 e. The number of nitrogens with zero attached hydrogens (tertiary/aromatic N) is 2. The number of hydrogen-bond acceptors (Lipinski definition) is 3. The number of hydrogen-bond donors (Lipinski definition) is 2. The summed E-state index contributed by atoms with van der Waals surface area (Å²) in [4.78, 5) is 4.67. The van der Waals surface area contributed by atoms with Crippen LogP contribution < -0.4 is 0 Å². The van der Waals surface area contributed by atoms with E-state index < -0.39 is 0 Å². The summed E-state index contributed by atoms with van der Waals surface area (Å²) in [7, 11) is 0. The van der Waals surface area contributed by atoms with E-state index in [1.165, 1.54) is 12.1 Å². The van der Waals surface area contributed by atoms with Gasteiger partial charge in [0, 0.05) is 10.5 Å². The molecule has 1 aromatic heterocycles. The lowest BCUT2D eigenvalue weighted by atomic mass is 10.1. The molecule has 1 heterocycles. The fourth-order valence-electron chi connectivity index (χ4n) is 2.67. The summed E-state index contributed by atoms with van der Waals surface area (Å²) in [5.41, 5.74) is 2.50. The quantitative estimate of drug-likeness (QED) is 0.684. The van der Waals surface area contributed by atoms with Gasteiger partial charge in [0.1, 0.15) is 17.3 Å². The van der Waals surface area contributed by atoms with Crippen molar-refractivity contribution in [2.24, 2.45) is 0 Å². The Bertz CT molecular complexity index is 853. The van der Waals surface area contributed by atoms with Crippen LogP contribution in [0.4, 0.5) is 0 Å². The Morgan fingerprint density at radius 1 is 1.10 bits per heavy atom.